The topological polar surface area (TPSA) is 29.1 Å². The lowest BCUT2D eigenvalue weighted by Gasteiger charge is -2.14. The molecule has 1 unspecified atom stereocenters. The van der Waals surface area contributed by atoms with Crippen LogP contribution in [0.5, 0.6) is 0 Å². The van der Waals surface area contributed by atoms with Crippen LogP contribution in [0, 0.1) is 6.04 Å². The highest BCUT2D eigenvalue weighted by Crippen LogP contribution is 2.11. The summed E-state index contributed by atoms with van der Waals surface area (Å²) >= 11 is 0. The molecule has 1 N–H and O–H groups in total. The molecule has 1 rings (SSSR count). The van der Waals surface area contributed by atoms with E-state index in [2.05, 4.69) is 5.32 Å². The third-order valence-corrected chi connectivity index (χ3v) is 1.68. The van der Waals surface area contributed by atoms with E-state index in [9.17, 15) is 4.79 Å². The van der Waals surface area contributed by atoms with Gasteiger partial charge in [-0.2, -0.15) is 0 Å². The van der Waals surface area contributed by atoms with Crippen molar-refractivity contribution in [2.24, 2.45) is 0 Å². The zero-order chi connectivity index (χ0) is 9.68. The molecule has 0 aliphatic heterocycles. The van der Waals surface area contributed by atoms with E-state index in [4.69, 9.17) is 0 Å². The molecule has 1 aromatic rings. The predicted octanol–water partition coefficient (Wildman–Crippen LogP) is 2.00. The summed E-state index contributed by atoms with van der Waals surface area (Å²) in [5.74, 6) is 0. The van der Waals surface area contributed by atoms with E-state index >= 15 is 0 Å². The van der Waals surface area contributed by atoms with E-state index in [1.54, 1.807) is 0 Å². The van der Waals surface area contributed by atoms with Gasteiger partial charge >= 0.3 is 0 Å². The van der Waals surface area contributed by atoms with Crippen molar-refractivity contribution in [3.8, 4) is 0 Å². The van der Waals surface area contributed by atoms with Crippen LogP contribution >= 0.6 is 0 Å². The molecule has 2 nitrogen and oxygen atoms in total. The first-order valence-corrected chi connectivity index (χ1v) is 4.23. The Morgan fingerprint density at radius 1 is 1.31 bits per heavy atom. The molecule has 2 radical (unpaired) electrons. The molecular weight excluding hydrogens is 162 g/mol. The second-order valence-electron chi connectivity index (χ2n) is 3.11. The molecule has 2 heteroatoms. The van der Waals surface area contributed by atoms with Crippen LogP contribution < -0.4 is 5.32 Å². The molecular formula is C11H13NO. The Kier molecular flexibility index (Phi) is 3.65. The SMILES string of the molecule is C[C](C)NC([C]=O)c1ccccc1. The molecule has 0 amide bonds. The molecule has 1 aromatic carbocycles. The summed E-state index contributed by atoms with van der Waals surface area (Å²) in [6, 6.07) is 10.2. The molecule has 0 saturated heterocycles. The van der Waals surface area contributed by atoms with Crippen LogP contribution in [-0.2, 0) is 4.79 Å². The Balaban J connectivity index is 2.73. The van der Waals surface area contributed by atoms with Gasteiger partial charge in [0.05, 0.1) is 0 Å². The highest BCUT2D eigenvalue weighted by atomic mass is 16.1. The first-order chi connectivity index (χ1) is 6.24. The Bertz CT molecular complexity index is 256. The standard InChI is InChI=1S/C11H13NO/c1-9(2)12-11(8-13)10-6-4-3-5-7-10/h3-7,11-12H,1-2H3. The number of hydrogen-bond donors (Lipinski definition) is 1. The van der Waals surface area contributed by atoms with Gasteiger partial charge in [0.15, 0.2) is 0 Å². The van der Waals surface area contributed by atoms with Crippen LogP contribution in [-0.4, -0.2) is 6.29 Å². The smallest absolute Gasteiger partial charge is 0.221 e. The number of carbonyl (C=O) groups excluding carboxylic acids is 1. The quantitative estimate of drug-likeness (QED) is 0.758. The molecule has 0 aromatic heterocycles. The maximum absolute atomic E-state index is 10.6. The van der Waals surface area contributed by atoms with E-state index < -0.39 is 0 Å². The van der Waals surface area contributed by atoms with Gasteiger partial charge in [-0.1, -0.05) is 30.3 Å². The molecule has 0 saturated carbocycles. The maximum Gasteiger partial charge on any atom is 0.221 e. The Morgan fingerprint density at radius 3 is 2.38 bits per heavy atom. The minimum atomic E-state index is -0.341. The van der Waals surface area contributed by atoms with Gasteiger partial charge in [-0.25, -0.2) is 0 Å². The maximum atomic E-state index is 10.6. The van der Waals surface area contributed by atoms with Crippen molar-refractivity contribution >= 4 is 6.29 Å². The first-order valence-electron chi connectivity index (χ1n) is 4.23. The van der Waals surface area contributed by atoms with E-state index in [0.717, 1.165) is 11.6 Å². The average Bonchev–Trinajstić information content (AvgIpc) is 2.15. The van der Waals surface area contributed by atoms with Crippen LogP contribution in [0.2, 0.25) is 0 Å². The molecule has 0 fully saturated rings. The number of rotatable bonds is 4. The first kappa shape index (κ1) is 9.93. The molecule has 0 bridgehead atoms. The van der Waals surface area contributed by atoms with Gasteiger partial charge in [-0.3, -0.25) is 10.1 Å². The Morgan fingerprint density at radius 2 is 1.92 bits per heavy atom. The molecule has 0 spiro atoms. The van der Waals surface area contributed by atoms with Crippen molar-refractivity contribution < 1.29 is 4.79 Å². The van der Waals surface area contributed by atoms with Gasteiger partial charge in [0, 0.05) is 6.04 Å². The largest absolute Gasteiger partial charge is 0.297 e. The highest BCUT2D eigenvalue weighted by Gasteiger charge is 2.11. The van der Waals surface area contributed by atoms with E-state index in [-0.39, 0.29) is 6.04 Å². The molecule has 0 aliphatic rings. The highest BCUT2D eigenvalue weighted by molar-refractivity contribution is 5.62. The molecule has 0 aliphatic carbocycles. The zero-order valence-corrected chi connectivity index (χ0v) is 7.87. The molecule has 0 heterocycles. The Hall–Kier alpha value is -1.15. The molecule has 1 atom stereocenters. The van der Waals surface area contributed by atoms with Gasteiger partial charge < -0.3 is 0 Å². The summed E-state index contributed by atoms with van der Waals surface area (Å²) in [5.41, 5.74) is 0.943. The van der Waals surface area contributed by atoms with Gasteiger partial charge in [0.1, 0.15) is 6.04 Å². The van der Waals surface area contributed by atoms with E-state index in [0.29, 0.717) is 0 Å². The fourth-order valence-corrected chi connectivity index (χ4v) is 1.12. The Labute approximate surface area is 79.0 Å². The lowest BCUT2D eigenvalue weighted by atomic mass is 10.1. The fraction of sp³-hybridized carbons (Fsp3) is 0.273. The summed E-state index contributed by atoms with van der Waals surface area (Å²) in [6.45, 7) is 3.85. The third-order valence-electron chi connectivity index (χ3n) is 1.68. The van der Waals surface area contributed by atoms with Gasteiger partial charge in [-0.15, -0.1) is 0 Å². The minimum absolute atomic E-state index is 0.341. The van der Waals surface area contributed by atoms with E-state index in [1.807, 2.05) is 50.5 Å². The summed E-state index contributed by atoms with van der Waals surface area (Å²) < 4.78 is 0. The van der Waals surface area contributed by atoms with E-state index in [1.165, 1.54) is 0 Å². The second-order valence-corrected chi connectivity index (χ2v) is 3.11. The van der Waals surface area contributed by atoms with Crippen molar-refractivity contribution in [1.29, 1.82) is 0 Å². The van der Waals surface area contributed by atoms with Crippen LogP contribution in [0.3, 0.4) is 0 Å². The number of nitrogens with one attached hydrogen (secondary N) is 1. The van der Waals surface area contributed by atoms with Crippen molar-refractivity contribution in [3.63, 3.8) is 0 Å². The molecule has 68 valence electrons. The monoisotopic (exact) mass is 175 g/mol. The lowest BCUT2D eigenvalue weighted by molar-refractivity contribution is 0.524. The summed E-state index contributed by atoms with van der Waals surface area (Å²) in [6.07, 6.45) is 1.97. The van der Waals surface area contributed by atoms with Crippen LogP contribution in [0.25, 0.3) is 0 Å². The van der Waals surface area contributed by atoms with Crippen LogP contribution in [0.1, 0.15) is 25.5 Å². The average molecular weight is 175 g/mol. The fourth-order valence-electron chi connectivity index (χ4n) is 1.12. The van der Waals surface area contributed by atoms with Gasteiger partial charge in [-0.05, 0) is 19.4 Å². The second kappa shape index (κ2) is 4.77. The van der Waals surface area contributed by atoms with Crippen LogP contribution in [0.4, 0.5) is 0 Å². The van der Waals surface area contributed by atoms with Crippen molar-refractivity contribution in [2.45, 2.75) is 19.9 Å². The predicted molar refractivity (Wildman–Crippen MR) is 52.6 cm³/mol. The van der Waals surface area contributed by atoms with Crippen molar-refractivity contribution in [2.75, 3.05) is 0 Å². The summed E-state index contributed by atoms with van der Waals surface area (Å²) in [4.78, 5) is 10.6. The van der Waals surface area contributed by atoms with Crippen LogP contribution in [0.15, 0.2) is 30.3 Å². The van der Waals surface area contributed by atoms with Crippen molar-refractivity contribution in [3.05, 3.63) is 41.9 Å². The number of hydrogen-bond acceptors (Lipinski definition) is 2. The third kappa shape index (κ3) is 2.99. The lowest BCUT2D eigenvalue weighted by Crippen LogP contribution is -2.23. The normalized spacial score (nSPS) is 12.8. The van der Waals surface area contributed by atoms with Crippen molar-refractivity contribution in [1.82, 2.24) is 5.32 Å². The van der Waals surface area contributed by atoms with Gasteiger partial charge in [0.25, 0.3) is 0 Å². The summed E-state index contributed by atoms with van der Waals surface area (Å²) in [7, 11) is 0. The minimum Gasteiger partial charge on any atom is -0.297 e. The number of benzene rings is 1. The summed E-state index contributed by atoms with van der Waals surface area (Å²) in [5, 5.41) is 3.04. The zero-order valence-electron chi connectivity index (χ0n) is 7.87. The van der Waals surface area contributed by atoms with Gasteiger partial charge in [0.2, 0.25) is 6.29 Å². The molecule has 13 heavy (non-hydrogen) atoms.